The SMILES string of the molecule is CCCCC[C@H]1CC[C@H](C=CC#CC=Cc2ccc(CCCC)cc2)CC1. The minimum Gasteiger partial charge on any atom is -0.0730 e. The number of aryl methyl sites for hydroxylation is 1. The van der Waals surface area contributed by atoms with Gasteiger partial charge in [0.05, 0.1) is 0 Å². The van der Waals surface area contributed by atoms with Crippen molar-refractivity contribution in [2.24, 2.45) is 11.8 Å². The van der Waals surface area contributed by atoms with Gasteiger partial charge in [-0.3, -0.25) is 0 Å². The molecule has 0 radical (unpaired) electrons. The smallest absolute Gasteiger partial charge is 0.0109 e. The van der Waals surface area contributed by atoms with Crippen molar-refractivity contribution in [2.45, 2.75) is 84.5 Å². The first-order chi connectivity index (χ1) is 13.3. The van der Waals surface area contributed by atoms with Gasteiger partial charge in [0.2, 0.25) is 0 Å². The lowest BCUT2D eigenvalue weighted by Crippen LogP contribution is -2.12. The van der Waals surface area contributed by atoms with Crippen LogP contribution >= 0.6 is 0 Å². The van der Waals surface area contributed by atoms with E-state index in [1.807, 2.05) is 6.08 Å². The zero-order valence-electron chi connectivity index (χ0n) is 17.6. The molecule has 1 aromatic rings. The first kappa shape index (κ1) is 21.6. The van der Waals surface area contributed by atoms with E-state index >= 15 is 0 Å². The first-order valence-corrected chi connectivity index (χ1v) is 11.2. The number of benzene rings is 1. The summed E-state index contributed by atoms with van der Waals surface area (Å²) in [5, 5.41) is 0. The van der Waals surface area contributed by atoms with E-state index in [9.17, 15) is 0 Å². The Morgan fingerprint density at radius 3 is 2.26 bits per heavy atom. The van der Waals surface area contributed by atoms with E-state index in [0.29, 0.717) is 0 Å². The molecular weight excluding hydrogens is 324 g/mol. The van der Waals surface area contributed by atoms with Crippen LogP contribution in [0.15, 0.2) is 42.5 Å². The molecule has 0 unspecified atom stereocenters. The monoisotopic (exact) mass is 362 g/mol. The Hall–Kier alpha value is -1.74. The van der Waals surface area contributed by atoms with Gasteiger partial charge in [-0.15, -0.1) is 0 Å². The number of hydrogen-bond donors (Lipinski definition) is 0. The van der Waals surface area contributed by atoms with Crippen molar-refractivity contribution >= 4 is 6.08 Å². The standard InChI is InChI=1S/C27H38/c1-3-5-9-13-25-20-22-27(23-21-25)15-11-8-7-10-14-26-18-16-24(17-19-26)12-6-4-2/h10-11,14-19,25,27H,3-6,9,12-13,20-23H2,1-2H3/t25-,27-. The first-order valence-electron chi connectivity index (χ1n) is 11.2. The van der Waals surface area contributed by atoms with E-state index in [4.69, 9.17) is 0 Å². The predicted octanol–water partition coefficient (Wildman–Crippen LogP) is 7.99. The van der Waals surface area contributed by atoms with Gasteiger partial charge < -0.3 is 0 Å². The maximum atomic E-state index is 3.18. The highest BCUT2D eigenvalue weighted by Gasteiger charge is 2.18. The summed E-state index contributed by atoms with van der Waals surface area (Å²) in [6, 6.07) is 8.86. The summed E-state index contributed by atoms with van der Waals surface area (Å²) < 4.78 is 0. The highest BCUT2D eigenvalue weighted by atomic mass is 14.2. The van der Waals surface area contributed by atoms with Crippen LogP contribution in [0.25, 0.3) is 6.08 Å². The second-order valence-electron chi connectivity index (χ2n) is 8.10. The Balaban J connectivity index is 1.67. The predicted molar refractivity (Wildman–Crippen MR) is 121 cm³/mol. The number of hydrogen-bond acceptors (Lipinski definition) is 0. The molecule has 0 amide bonds. The maximum Gasteiger partial charge on any atom is -0.0109 e. The quantitative estimate of drug-likeness (QED) is 0.308. The van der Waals surface area contributed by atoms with Gasteiger partial charge in [0.1, 0.15) is 0 Å². The Morgan fingerprint density at radius 2 is 1.56 bits per heavy atom. The molecule has 0 saturated heterocycles. The van der Waals surface area contributed by atoms with E-state index in [1.54, 1.807) is 0 Å². The zero-order valence-corrected chi connectivity index (χ0v) is 17.6. The van der Waals surface area contributed by atoms with E-state index in [2.05, 4.69) is 68.2 Å². The third kappa shape index (κ3) is 9.14. The average Bonchev–Trinajstić information content (AvgIpc) is 2.71. The van der Waals surface area contributed by atoms with Crippen LogP contribution in [0.5, 0.6) is 0 Å². The lowest BCUT2D eigenvalue weighted by atomic mass is 9.79. The van der Waals surface area contributed by atoms with Crippen molar-refractivity contribution in [2.75, 3.05) is 0 Å². The van der Waals surface area contributed by atoms with Crippen LogP contribution in [0, 0.1) is 23.7 Å². The molecule has 1 aromatic carbocycles. The van der Waals surface area contributed by atoms with Crippen LogP contribution in [0.1, 0.15) is 89.2 Å². The molecule has 0 atom stereocenters. The van der Waals surface area contributed by atoms with Crippen molar-refractivity contribution in [3.05, 3.63) is 53.6 Å². The van der Waals surface area contributed by atoms with E-state index < -0.39 is 0 Å². The fourth-order valence-corrected chi connectivity index (χ4v) is 3.95. The van der Waals surface area contributed by atoms with Crippen LogP contribution in [-0.2, 0) is 6.42 Å². The lowest BCUT2D eigenvalue weighted by Gasteiger charge is -2.26. The van der Waals surface area contributed by atoms with E-state index in [0.717, 1.165) is 11.8 Å². The van der Waals surface area contributed by atoms with Crippen LogP contribution in [0.4, 0.5) is 0 Å². The Morgan fingerprint density at radius 1 is 0.852 bits per heavy atom. The fraction of sp³-hybridized carbons (Fsp3) is 0.556. The summed E-state index contributed by atoms with van der Waals surface area (Å²) >= 11 is 0. The molecule has 0 heterocycles. The van der Waals surface area contributed by atoms with E-state index in [1.165, 1.54) is 81.8 Å². The summed E-state index contributed by atoms with van der Waals surface area (Å²) in [7, 11) is 0. The molecule has 0 heteroatoms. The van der Waals surface area contributed by atoms with Crippen molar-refractivity contribution in [3.63, 3.8) is 0 Å². The van der Waals surface area contributed by atoms with Crippen molar-refractivity contribution in [1.29, 1.82) is 0 Å². The summed E-state index contributed by atoms with van der Waals surface area (Å²) in [5.41, 5.74) is 2.66. The maximum absolute atomic E-state index is 3.18. The van der Waals surface area contributed by atoms with Crippen LogP contribution < -0.4 is 0 Å². The molecule has 2 rings (SSSR count). The van der Waals surface area contributed by atoms with Crippen LogP contribution in [0.2, 0.25) is 0 Å². The Bertz CT molecular complexity index is 612. The molecule has 0 nitrogen and oxygen atoms in total. The molecule has 27 heavy (non-hydrogen) atoms. The molecule has 0 aromatic heterocycles. The van der Waals surface area contributed by atoms with Gasteiger partial charge in [0.15, 0.2) is 0 Å². The van der Waals surface area contributed by atoms with Gasteiger partial charge in [-0.2, -0.15) is 0 Å². The second kappa shape index (κ2) is 13.4. The summed E-state index contributed by atoms with van der Waals surface area (Å²) in [6.45, 7) is 4.53. The highest BCUT2D eigenvalue weighted by molar-refractivity contribution is 5.53. The number of allylic oxidation sites excluding steroid dienone is 3. The lowest BCUT2D eigenvalue weighted by molar-refractivity contribution is 0.289. The molecule has 1 fully saturated rings. The zero-order chi connectivity index (χ0) is 19.2. The van der Waals surface area contributed by atoms with Crippen LogP contribution in [0.3, 0.4) is 0 Å². The minimum atomic E-state index is 0.751. The normalized spacial score (nSPS) is 20.1. The van der Waals surface area contributed by atoms with Gasteiger partial charge in [-0.05, 0) is 79.7 Å². The summed E-state index contributed by atoms with van der Waals surface area (Å²) in [4.78, 5) is 0. The average molecular weight is 363 g/mol. The van der Waals surface area contributed by atoms with Gasteiger partial charge in [-0.25, -0.2) is 0 Å². The van der Waals surface area contributed by atoms with Crippen molar-refractivity contribution in [3.8, 4) is 11.8 Å². The summed E-state index contributed by atoms with van der Waals surface area (Å²) in [5.74, 6) is 8.07. The molecular formula is C27H38. The number of rotatable bonds is 9. The highest BCUT2D eigenvalue weighted by Crippen LogP contribution is 2.32. The topological polar surface area (TPSA) is 0 Å². The third-order valence-electron chi connectivity index (χ3n) is 5.80. The number of unbranched alkanes of at least 4 members (excludes halogenated alkanes) is 3. The molecule has 146 valence electrons. The molecule has 0 spiro atoms. The van der Waals surface area contributed by atoms with E-state index in [-0.39, 0.29) is 0 Å². The molecule has 0 bridgehead atoms. The van der Waals surface area contributed by atoms with Crippen LogP contribution in [-0.4, -0.2) is 0 Å². The Kier molecular flexibility index (Phi) is 10.7. The Labute approximate surface area is 168 Å². The molecule has 0 aliphatic heterocycles. The van der Waals surface area contributed by atoms with Gasteiger partial charge in [0, 0.05) is 0 Å². The third-order valence-corrected chi connectivity index (χ3v) is 5.80. The van der Waals surface area contributed by atoms with Crippen molar-refractivity contribution in [1.82, 2.24) is 0 Å². The molecule has 1 aliphatic carbocycles. The fourth-order valence-electron chi connectivity index (χ4n) is 3.95. The minimum absolute atomic E-state index is 0.751. The molecule has 0 N–H and O–H groups in total. The van der Waals surface area contributed by atoms with Gasteiger partial charge >= 0.3 is 0 Å². The van der Waals surface area contributed by atoms with Gasteiger partial charge in [0.25, 0.3) is 0 Å². The summed E-state index contributed by atoms with van der Waals surface area (Å²) in [6.07, 6.45) is 23.4. The second-order valence-corrected chi connectivity index (χ2v) is 8.10. The van der Waals surface area contributed by atoms with Crippen molar-refractivity contribution < 1.29 is 0 Å². The molecule has 1 saturated carbocycles. The largest absolute Gasteiger partial charge is 0.0730 e. The molecule has 1 aliphatic rings. The van der Waals surface area contributed by atoms with Gasteiger partial charge in [-0.1, -0.05) is 88.1 Å².